The topological polar surface area (TPSA) is 17.1 Å². The Balaban J connectivity index is 2.35. The van der Waals surface area contributed by atoms with Gasteiger partial charge in [-0.3, -0.25) is 4.79 Å². The van der Waals surface area contributed by atoms with Gasteiger partial charge in [-0.05, 0) is 36.3 Å². The molecule has 22 heavy (non-hydrogen) atoms. The molecular formula is C17H20F4O. The molecule has 0 N–H and O–H groups in total. The summed E-state index contributed by atoms with van der Waals surface area (Å²) in [7, 11) is 0. The van der Waals surface area contributed by atoms with E-state index >= 15 is 0 Å². The van der Waals surface area contributed by atoms with Crippen LogP contribution in [0, 0.1) is 23.1 Å². The van der Waals surface area contributed by atoms with E-state index in [1.54, 1.807) is 0 Å². The van der Waals surface area contributed by atoms with E-state index in [-0.39, 0.29) is 28.6 Å². The number of Topliss-reactive ketones (excluding diaryl/α,β-unsaturated/α-hetero) is 1. The second kappa shape index (κ2) is 5.67. The first-order chi connectivity index (χ1) is 10.0. The van der Waals surface area contributed by atoms with Gasteiger partial charge in [0, 0.05) is 11.5 Å². The molecule has 0 spiro atoms. The second-order valence-corrected chi connectivity index (χ2v) is 6.89. The molecule has 0 heterocycles. The number of ketones is 1. The zero-order valence-electron chi connectivity index (χ0n) is 12.9. The van der Waals surface area contributed by atoms with Crippen molar-refractivity contribution >= 4 is 5.78 Å². The fourth-order valence-electron chi connectivity index (χ4n) is 3.66. The van der Waals surface area contributed by atoms with Crippen LogP contribution in [0.15, 0.2) is 18.2 Å². The summed E-state index contributed by atoms with van der Waals surface area (Å²) in [5.74, 6) is -1.80. The lowest BCUT2D eigenvalue weighted by Gasteiger charge is -2.42. The third-order valence-corrected chi connectivity index (χ3v) is 4.73. The van der Waals surface area contributed by atoms with Crippen LogP contribution in [0.2, 0.25) is 0 Å². The van der Waals surface area contributed by atoms with Crippen LogP contribution in [0.4, 0.5) is 17.6 Å². The number of halogens is 4. The SMILES string of the molecule is CC1CCCC(C)(C)[C@H]1C(=O)c1ccc(C(F)(F)F)c(F)c1. The molecule has 1 aliphatic rings. The second-order valence-electron chi connectivity index (χ2n) is 6.89. The molecule has 0 radical (unpaired) electrons. The van der Waals surface area contributed by atoms with Crippen LogP contribution in [0.1, 0.15) is 56.0 Å². The van der Waals surface area contributed by atoms with Gasteiger partial charge in [0.25, 0.3) is 0 Å². The summed E-state index contributed by atoms with van der Waals surface area (Å²) in [6.07, 6.45) is -1.93. The number of rotatable bonds is 2. The molecule has 0 aliphatic heterocycles. The van der Waals surface area contributed by atoms with E-state index in [1.807, 2.05) is 20.8 Å². The molecule has 1 aromatic carbocycles. The molecule has 2 rings (SSSR count). The largest absolute Gasteiger partial charge is 0.419 e. The third-order valence-electron chi connectivity index (χ3n) is 4.73. The zero-order valence-corrected chi connectivity index (χ0v) is 12.9. The molecule has 5 heteroatoms. The maximum Gasteiger partial charge on any atom is 0.419 e. The first-order valence-electron chi connectivity index (χ1n) is 7.45. The van der Waals surface area contributed by atoms with E-state index in [0.717, 1.165) is 31.4 Å². The summed E-state index contributed by atoms with van der Waals surface area (Å²) in [4.78, 5) is 12.7. The van der Waals surface area contributed by atoms with Gasteiger partial charge in [0.2, 0.25) is 0 Å². The van der Waals surface area contributed by atoms with Crippen LogP contribution >= 0.6 is 0 Å². The minimum Gasteiger partial charge on any atom is -0.294 e. The van der Waals surface area contributed by atoms with Crippen molar-refractivity contribution in [2.24, 2.45) is 17.3 Å². The molecular weight excluding hydrogens is 296 g/mol. The minimum atomic E-state index is -4.75. The van der Waals surface area contributed by atoms with E-state index in [4.69, 9.17) is 0 Å². The van der Waals surface area contributed by atoms with Crippen molar-refractivity contribution in [1.82, 2.24) is 0 Å². The number of alkyl halides is 3. The van der Waals surface area contributed by atoms with Gasteiger partial charge in [-0.15, -0.1) is 0 Å². The third kappa shape index (κ3) is 3.18. The fourth-order valence-corrected chi connectivity index (χ4v) is 3.66. The maximum absolute atomic E-state index is 13.7. The Morgan fingerprint density at radius 1 is 1.27 bits per heavy atom. The van der Waals surface area contributed by atoms with Crippen molar-refractivity contribution in [3.05, 3.63) is 35.1 Å². The van der Waals surface area contributed by atoms with E-state index in [1.165, 1.54) is 0 Å². The first-order valence-corrected chi connectivity index (χ1v) is 7.45. The van der Waals surface area contributed by atoms with Crippen LogP contribution in [0.3, 0.4) is 0 Å². The van der Waals surface area contributed by atoms with Crippen LogP contribution in [-0.4, -0.2) is 5.78 Å². The van der Waals surface area contributed by atoms with Crippen molar-refractivity contribution in [1.29, 1.82) is 0 Å². The number of hydrogen-bond acceptors (Lipinski definition) is 1. The van der Waals surface area contributed by atoms with E-state index in [9.17, 15) is 22.4 Å². The van der Waals surface area contributed by atoms with Crippen molar-refractivity contribution in [2.45, 2.75) is 46.2 Å². The Kier molecular flexibility index (Phi) is 4.37. The molecule has 1 aliphatic carbocycles. The maximum atomic E-state index is 13.7. The van der Waals surface area contributed by atoms with Gasteiger partial charge in [0.15, 0.2) is 5.78 Å². The molecule has 0 saturated heterocycles. The normalized spacial score (nSPS) is 25.0. The highest BCUT2D eigenvalue weighted by molar-refractivity contribution is 5.98. The monoisotopic (exact) mass is 316 g/mol. The molecule has 1 saturated carbocycles. The molecule has 1 aromatic rings. The predicted octanol–water partition coefficient (Wildman–Crippen LogP) is 5.49. The quantitative estimate of drug-likeness (QED) is 0.521. The summed E-state index contributed by atoms with van der Waals surface area (Å²) in [6.45, 7) is 5.96. The van der Waals surface area contributed by atoms with Gasteiger partial charge >= 0.3 is 6.18 Å². The minimum absolute atomic E-state index is 0.0253. The summed E-state index contributed by atoms with van der Waals surface area (Å²) in [5, 5.41) is 0. The number of benzene rings is 1. The lowest BCUT2D eigenvalue weighted by molar-refractivity contribution is -0.140. The van der Waals surface area contributed by atoms with Gasteiger partial charge < -0.3 is 0 Å². The molecule has 1 unspecified atom stereocenters. The van der Waals surface area contributed by atoms with Gasteiger partial charge in [0.1, 0.15) is 5.82 Å². The first kappa shape index (κ1) is 17.0. The van der Waals surface area contributed by atoms with Crippen molar-refractivity contribution in [3.63, 3.8) is 0 Å². The van der Waals surface area contributed by atoms with Crippen LogP contribution in [-0.2, 0) is 6.18 Å². The summed E-state index contributed by atoms with van der Waals surface area (Å²) in [6, 6.07) is 2.47. The van der Waals surface area contributed by atoms with Gasteiger partial charge in [0.05, 0.1) is 5.56 Å². The Bertz CT molecular complexity index is 575. The predicted molar refractivity (Wildman–Crippen MR) is 76.0 cm³/mol. The van der Waals surface area contributed by atoms with Crippen molar-refractivity contribution in [2.75, 3.05) is 0 Å². The molecule has 1 fully saturated rings. The van der Waals surface area contributed by atoms with Crippen LogP contribution < -0.4 is 0 Å². The summed E-state index contributed by atoms with van der Waals surface area (Å²) < 4.78 is 51.5. The highest BCUT2D eigenvalue weighted by atomic mass is 19.4. The molecule has 2 atom stereocenters. The smallest absolute Gasteiger partial charge is 0.294 e. The van der Waals surface area contributed by atoms with E-state index in [0.29, 0.717) is 6.07 Å². The highest BCUT2D eigenvalue weighted by Gasteiger charge is 2.42. The summed E-state index contributed by atoms with van der Waals surface area (Å²) >= 11 is 0. The van der Waals surface area contributed by atoms with Gasteiger partial charge in [-0.2, -0.15) is 13.2 Å². The molecule has 0 amide bonds. The van der Waals surface area contributed by atoms with E-state index in [2.05, 4.69) is 0 Å². The number of carbonyl (C=O) groups is 1. The van der Waals surface area contributed by atoms with Gasteiger partial charge in [-0.25, -0.2) is 4.39 Å². The van der Waals surface area contributed by atoms with Gasteiger partial charge in [-0.1, -0.05) is 33.3 Å². The summed E-state index contributed by atoms with van der Waals surface area (Å²) in [5.41, 5.74) is -1.54. The Morgan fingerprint density at radius 2 is 1.91 bits per heavy atom. The van der Waals surface area contributed by atoms with Crippen molar-refractivity contribution in [3.8, 4) is 0 Å². The molecule has 122 valence electrons. The van der Waals surface area contributed by atoms with E-state index < -0.39 is 17.6 Å². The molecule has 1 nitrogen and oxygen atoms in total. The average molecular weight is 316 g/mol. The standard InChI is InChI=1S/C17H20F4O/c1-10-5-4-8-16(2,3)14(10)15(22)11-6-7-12(13(18)9-11)17(19,20)21/h6-7,9-10,14H,4-5,8H2,1-3H3/t10?,14-/m1/s1. The average Bonchev–Trinajstić information content (AvgIpc) is 2.35. The van der Waals surface area contributed by atoms with Crippen LogP contribution in [0.25, 0.3) is 0 Å². The Labute approximate surface area is 127 Å². The fraction of sp³-hybridized carbons (Fsp3) is 0.588. The van der Waals surface area contributed by atoms with Crippen molar-refractivity contribution < 1.29 is 22.4 Å². The van der Waals surface area contributed by atoms with Crippen LogP contribution in [0.5, 0.6) is 0 Å². The lowest BCUT2D eigenvalue weighted by Crippen LogP contribution is -2.39. The molecule has 0 bridgehead atoms. The Morgan fingerprint density at radius 3 is 2.41 bits per heavy atom. The number of hydrogen-bond donors (Lipinski definition) is 0. The zero-order chi connectivity index (χ0) is 16.7. The number of carbonyl (C=O) groups excluding carboxylic acids is 1. The highest BCUT2D eigenvalue weighted by Crippen LogP contribution is 2.45. The Hall–Kier alpha value is -1.39. The lowest BCUT2D eigenvalue weighted by atomic mass is 9.62. The molecule has 0 aromatic heterocycles.